The van der Waals surface area contributed by atoms with Gasteiger partial charge in [0.1, 0.15) is 18.1 Å². The van der Waals surface area contributed by atoms with E-state index in [1.807, 2.05) is 86.6 Å². The van der Waals surface area contributed by atoms with Crippen LogP contribution in [-0.2, 0) is 22.7 Å². The summed E-state index contributed by atoms with van der Waals surface area (Å²) in [6.07, 6.45) is 0.864. The first kappa shape index (κ1) is 26.1. The summed E-state index contributed by atoms with van der Waals surface area (Å²) in [5.74, 6) is 0.0678. The van der Waals surface area contributed by atoms with Crippen molar-refractivity contribution in [2.75, 3.05) is 6.54 Å². The molecule has 1 heterocycles. The highest BCUT2D eigenvalue weighted by molar-refractivity contribution is 5.89. The molecule has 4 rings (SSSR count). The van der Waals surface area contributed by atoms with Crippen molar-refractivity contribution in [1.29, 1.82) is 0 Å². The molecule has 0 fully saturated rings. The zero-order valence-corrected chi connectivity index (χ0v) is 22.0. The maximum Gasteiger partial charge on any atom is 0.247 e. The smallest absolute Gasteiger partial charge is 0.247 e. The predicted octanol–water partition coefficient (Wildman–Crippen LogP) is 4.98. The molecule has 3 aromatic carbocycles. The largest absolute Gasteiger partial charge is 0.354 e. The topological polar surface area (TPSA) is 80.1 Å². The summed E-state index contributed by atoms with van der Waals surface area (Å²) in [4.78, 5) is 29.3. The number of rotatable bonds is 10. The quantitative estimate of drug-likeness (QED) is 0.335. The van der Waals surface area contributed by atoms with Crippen molar-refractivity contribution in [2.24, 2.45) is 5.92 Å². The van der Waals surface area contributed by atoms with Crippen molar-refractivity contribution in [3.8, 4) is 0 Å². The first-order valence-electron chi connectivity index (χ1n) is 12.8. The number of aryl methyl sites for hydroxylation is 2. The Morgan fingerprint density at radius 2 is 1.57 bits per heavy atom. The van der Waals surface area contributed by atoms with Crippen LogP contribution in [0.3, 0.4) is 0 Å². The minimum absolute atomic E-state index is 0.0198. The minimum atomic E-state index is -0.781. The molecule has 37 heavy (non-hydrogen) atoms. The molecule has 192 valence electrons. The fourth-order valence-corrected chi connectivity index (χ4v) is 4.27. The van der Waals surface area contributed by atoms with Crippen LogP contribution in [-0.4, -0.2) is 38.3 Å². The number of hydrogen-bond acceptors (Lipinski definition) is 4. The van der Waals surface area contributed by atoms with E-state index in [0.29, 0.717) is 19.0 Å². The van der Waals surface area contributed by atoms with Crippen LogP contribution in [0, 0.1) is 19.8 Å². The number of nitrogens with one attached hydrogen (secondary N) is 1. The molecular formula is C30H35N5O2. The number of carbonyl (C=O) groups is 2. The van der Waals surface area contributed by atoms with Gasteiger partial charge in [-0.15, -0.1) is 5.10 Å². The van der Waals surface area contributed by atoms with Crippen molar-refractivity contribution in [2.45, 2.75) is 53.2 Å². The van der Waals surface area contributed by atoms with Crippen LogP contribution < -0.4 is 5.32 Å². The fourth-order valence-electron chi connectivity index (χ4n) is 4.27. The molecule has 0 aliphatic heterocycles. The van der Waals surface area contributed by atoms with E-state index in [9.17, 15) is 9.59 Å². The second kappa shape index (κ2) is 11.8. The van der Waals surface area contributed by atoms with Crippen molar-refractivity contribution in [3.05, 3.63) is 95.1 Å². The average Bonchev–Trinajstić information content (AvgIpc) is 3.28. The summed E-state index contributed by atoms with van der Waals surface area (Å²) in [6.45, 7) is 9.11. The SMILES string of the molecule is Cc1ccc(CN(C(=O)Cn2nnc3ccccc32)C(C(=O)NCCC(C)C)c2ccc(C)cc2)cc1. The van der Waals surface area contributed by atoms with Gasteiger partial charge in [0, 0.05) is 13.1 Å². The Bertz CT molecular complexity index is 1340. The molecule has 4 aromatic rings. The van der Waals surface area contributed by atoms with Crippen molar-refractivity contribution >= 4 is 22.8 Å². The predicted molar refractivity (Wildman–Crippen MR) is 146 cm³/mol. The van der Waals surface area contributed by atoms with Crippen LogP contribution >= 0.6 is 0 Å². The maximum atomic E-state index is 14.0. The Hall–Kier alpha value is -4.00. The number of aromatic nitrogens is 3. The molecule has 7 heteroatoms. The standard InChI is InChI=1S/C30H35N5O2/c1-21(2)17-18-31-30(37)29(25-15-11-23(4)12-16-25)34(19-24-13-9-22(3)10-14-24)28(36)20-35-27-8-6-5-7-26(27)32-33-35/h5-16,21,29H,17-20H2,1-4H3,(H,31,37). The summed E-state index contributed by atoms with van der Waals surface area (Å²) in [7, 11) is 0. The molecule has 0 aliphatic carbocycles. The highest BCUT2D eigenvalue weighted by atomic mass is 16.2. The zero-order valence-electron chi connectivity index (χ0n) is 22.0. The summed E-state index contributed by atoms with van der Waals surface area (Å²) in [5.41, 5.74) is 5.46. The highest BCUT2D eigenvalue weighted by Gasteiger charge is 2.32. The van der Waals surface area contributed by atoms with E-state index in [2.05, 4.69) is 29.5 Å². The molecule has 1 unspecified atom stereocenters. The lowest BCUT2D eigenvalue weighted by molar-refractivity contribution is -0.142. The van der Waals surface area contributed by atoms with Crippen molar-refractivity contribution in [1.82, 2.24) is 25.2 Å². The summed E-state index contributed by atoms with van der Waals surface area (Å²) < 4.78 is 1.60. The molecule has 1 atom stereocenters. The molecule has 0 saturated carbocycles. The third-order valence-corrected chi connectivity index (χ3v) is 6.47. The maximum absolute atomic E-state index is 14.0. The first-order valence-corrected chi connectivity index (χ1v) is 12.8. The molecule has 1 N–H and O–H groups in total. The number of benzene rings is 3. The van der Waals surface area contributed by atoms with Gasteiger partial charge in [-0.25, -0.2) is 4.68 Å². The normalized spacial score (nSPS) is 12.0. The Balaban J connectivity index is 1.71. The van der Waals surface area contributed by atoms with Gasteiger partial charge in [-0.1, -0.05) is 90.9 Å². The second-order valence-electron chi connectivity index (χ2n) is 10.0. The monoisotopic (exact) mass is 497 g/mol. The average molecular weight is 498 g/mol. The van der Waals surface area contributed by atoms with Gasteiger partial charge < -0.3 is 10.2 Å². The molecular weight excluding hydrogens is 462 g/mol. The fraction of sp³-hybridized carbons (Fsp3) is 0.333. The third kappa shape index (κ3) is 6.61. The van der Waals surface area contributed by atoms with Crippen LogP contribution in [0.15, 0.2) is 72.8 Å². The lowest BCUT2D eigenvalue weighted by Crippen LogP contribution is -2.45. The van der Waals surface area contributed by atoms with Crippen LogP contribution in [0.2, 0.25) is 0 Å². The van der Waals surface area contributed by atoms with Crippen LogP contribution in [0.1, 0.15) is 48.6 Å². The molecule has 7 nitrogen and oxygen atoms in total. The second-order valence-corrected chi connectivity index (χ2v) is 10.0. The summed E-state index contributed by atoms with van der Waals surface area (Å²) in [5, 5.41) is 11.5. The Labute approximate surface area is 218 Å². The highest BCUT2D eigenvalue weighted by Crippen LogP contribution is 2.25. The van der Waals surface area contributed by atoms with Gasteiger partial charge in [0.2, 0.25) is 11.8 Å². The number of nitrogens with zero attached hydrogens (tertiary/aromatic N) is 4. The van der Waals surface area contributed by atoms with Gasteiger partial charge in [-0.05, 0) is 49.4 Å². The van der Waals surface area contributed by atoms with E-state index >= 15 is 0 Å². The third-order valence-electron chi connectivity index (χ3n) is 6.47. The Morgan fingerprint density at radius 3 is 2.24 bits per heavy atom. The number of fused-ring (bicyclic) bond motifs is 1. The lowest BCUT2D eigenvalue weighted by atomic mass is 10.0. The summed E-state index contributed by atoms with van der Waals surface area (Å²) >= 11 is 0. The molecule has 0 saturated heterocycles. The van der Waals surface area contributed by atoms with Gasteiger partial charge in [0.15, 0.2) is 0 Å². The number of amides is 2. The van der Waals surface area contributed by atoms with Gasteiger partial charge in [0.25, 0.3) is 0 Å². The van der Waals surface area contributed by atoms with Gasteiger partial charge in [-0.2, -0.15) is 0 Å². The Morgan fingerprint density at radius 1 is 0.919 bits per heavy atom. The summed E-state index contributed by atoms with van der Waals surface area (Å²) in [6, 6.07) is 22.6. The zero-order chi connectivity index (χ0) is 26.4. The van der Waals surface area contributed by atoms with Crippen molar-refractivity contribution in [3.63, 3.8) is 0 Å². The van der Waals surface area contributed by atoms with E-state index in [0.717, 1.165) is 39.7 Å². The minimum Gasteiger partial charge on any atom is -0.354 e. The number of hydrogen-bond donors (Lipinski definition) is 1. The van der Waals surface area contributed by atoms with Gasteiger partial charge >= 0.3 is 0 Å². The molecule has 0 radical (unpaired) electrons. The van der Waals surface area contributed by atoms with Crippen LogP contribution in [0.4, 0.5) is 0 Å². The Kier molecular flexibility index (Phi) is 8.33. The van der Waals surface area contributed by atoms with E-state index in [4.69, 9.17) is 0 Å². The molecule has 0 bridgehead atoms. The lowest BCUT2D eigenvalue weighted by Gasteiger charge is -2.32. The molecule has 2 amide bonds. The van der Waals surface area contributed by atoms with E-state index in [1.165, 1.54) is 0 Å². The molecule has 0 spiro atoms. The van der Waals surface area contributed by atoms with E-state index in [1.54, 1.807) is 9.58 Å². The van der Waals surface area contributed by atoms with Gasteiger partial charge in [0.05, 0.1) is 5.52 Å². The number of carbonyl (C=O) groups excluding carboxylic acids is 2. The molecule has 0 aliphatic rings. The van der Waals surface area contributed by atoms with Crippen molar-refractivity contribution < 1.29 is 9.59 Å². The van der Waals surface area contributed by atoms with Crippen LogP contribution in [0.25, 0.3) is 11.0 Å². The first-order chi connectivity index (χ1) is 17.8. The van der Waals surface area contributed by atoms with Crippen LogP contribution in [0.5, 0.6) is 0 Å². The van der Waals surface area contributed by atoms with Gasteiger partial charge in [-0.3, -0.25) is 9.59 Å². The molecule has 1 aromatic heterocycles. The number of para-hydroxylation sites is 1. The van der Waals surface area contributed by atoms with E-state index in [-0.39, 0.29) is 18.4 Å². The van der Waals surface area contributed by atoms with E-state index < -0.39 is 6.04 Å².